The van der Waals surface area contributed by atoms with Gasteiger partial charge in [0.25, 0.3) is 0 Å². The van der Waals surface area contributed by atoms with Crippen molar-refractivity contribution in [1.29, 1.82) is 0 Å². The fraction of sp³-hybridized carbons (Fsp3) is 0.444. The summed E-state index contributed by atoms with van der Waals surface area (Å²) in [5, 5.41) is 3.35. The molecule has 1 N–H and O–H groups in total. The third-order valence-corrected chi connectivity index (χ3v) is 3.39. The SMILES string of the molecule is Cc1ccc(C(C)(C)C)c(OCCNCc2ccoc2)c1. The number of furan rings is 1. The summed E-state index contributed by atoms with van der Waals surface area (Å²) in [6.45, 7) is 11.0. The molecule has 114 valence electrons. The summed E-state index contributed by atoms with van der Waals surface area (Å²) in [5.41, 5.74) is 3.72. The van der Waals surface area contributed by atoms with Gasteiger partial charge in [-0.15, -0.1) is 0 Å². The molecule has 0 saturated carbocycles. The Morgan fingerprint density at radius 3 is 2.67 bits per heavy atom. The van der Waals surface area contributed by atoms with Crippen molar-refractivity contribution in [3.05, 3.63) is 53.5 Å². The average Bonchev–Trinajstić information content (AvgIpc) is 2.90. The zero-order valence-electron chi connectivity index (χ0n) is 13.4. The highest BCUT2D eigenvalue weighted by Gasteiger charge is 2.18. The van der Waals surface area contributed by atoms with E-state index in [0.717, 1.165) is 24.4 Å². The van der Waals surface area contributed by atoms with Gasteiger partial charge in [-0.05, 0) is 35.6 Å². The molecule has 0 amide bonds. The average molecular weight is 287 g/mol. The Labute approximate surface area is 127 Å². The molecule has 2 aromatic rings. The van der Waals surface area contributed by atoms with Gasteiger partial charge < -0.3 is 14.5 Å². The molecule has 2 rings (SSSR count). The first-order valence-electron chi connectivity index (χ1n) is 7.42. The van der Waals surface area contributed by atoms with Gasteiger partial charge in [0, 0.05) is 18.7 Å². The van der Waals surface area contributed by atoms with Crippen molar-refractivity contribution in [3.8, 4) is 5.75 Å². The molecule has 0 aliphatic heterocycles. The molecular formula is C18H25NO2. The van der Waals surface area contributed by atoms with Gasteiger partial charge in [-0.3, -0.25) is 0 Å². The predicted octanol–water partition coefficient (Wildman–Crippen LogP) is 4.05. The number of aryl methyl sites for hydroxylation is 1. The lowest BCUT2D eigenvalue weighted by Gasteiger charge is -2.23. The maximum absolute atomic E-state index is 5.98. The van der Waals surface area contributed by atoms with Gasteiger partial charge in [0.05, 0.1) is 12.5 Å². The summed E-state index contributed by atoms with van der Waals surface area (Å²) in [6.07, 6.45) is 3.45. The second-order valence-corrected chi connectivity index (χ2v) is 6.41. The van der Waals surface area contributed by atoms with Crippen LogP contribution >= 0.6 is 0 Å². The number of rotatable bonds is 6. The van der Waals surface area contributed by atoms with Crippen LogP contribution in [-0.4, -0.2) is 13.2 Å². The maximum atomic E-state index is 5.98. The van der Waals surface area contributed by atoms with Crippen LogP contribution < -0.4 is 10.1 Å². The fourth-order valence-corrected chi connectivity index (χ4v) is 2.23. The fourth-order valence-electron chi connectivity index (χ4n) is 2.23. The van der Waals surface area contributed by atoms with E-state index in [0.29, 0.717) is 6.61 Å². The summed E-state index contributed by atoms with van der Waals surface area (Å²) >= 11 is 0. The summed E-state index contributed by atoms with van der Waals surface area (Å²) in [4.78, 5) is 0. The monoisotopic (exact) mass is 287 g/mol. The van der Waals surface area contributed by atoms with Crippen LogP contribution in [0.25, 0.3) is 0 Å². The van der Waals surface area contributed by atoms with Gasteiger partial charge in [0.15, 0.2) is 0 Å². The molecule has 0 saturated heterocycles. The molecule has 0 aliphatic carbocycles. The number of benzene rings is 1. The zero-order chi connectivity index (χ0) is 15.3. The molecule has 1 heterocycles. The third-order valence-electron chi connectivity index (χ3n) is 3.39. The topological polar surface area (TPSA) is 34.4 Å². The lowest BCUT2D eigenvalue weighted by molar-refractivity contribution is 0.305. The quantitative estimate of drug-likeness (QED) is 0.814. The van der Waals surface area contributed by atoms with Crippen molar-refractivity contribution in [2.45, 2.75) is 39.7 Å². The van der Waals surface area contributed by atoms with E-state index in [2.05, 4.69) is 51.2 Å². The summed E-state index contributed by atoms with van der Waals surface area (Å²) in [5.74, 6) is 0.993. The van der Waals surface area contributed by atoms with E-state index in [9.17, 15) is 0 Å². The molecule has 0 bridgehead atoms. The highest BCUT2D eigenvalue weighted by molar-refractivity contribution is 5.41. The van der Waals surface area contributed by atoms with Crippen molar-refractivity contribution < 1.29 is 9.15 Å². The molecular weight excluding hydrogens is 262 g/mol. The van der Waals surface area contributed by atoms with E-state index in [1.54, 1.807) is 12.5 Å². The number of ether oxygens (including phenoxy) is 1. The third kappa shape index (κ3) is 4.64. The minimum atomic E-state index is 0.0905. The molecule has 3 heteroatoms. The predicted molar refractivity (Wildman–Crippen MR) is 85.8 cm³/mol. The first-order chi connectivity index (χ1) is 9.97. The molecule has 21 heavy (non-hydrogen) atoms. The van der Waals surface area contributed by atoms with Gasteiger partial charge in [-0.2, -0.15) is 0 Å². The van der Waals surface area contributed by atoms with Crippen LogP contribution in [0.15, 0.2) is 41.2 Å². The zero-order valence-corrected chi connectivity index (χ0v) is 13.4. The second-order valence-electron chi connectivity index (χ2n) is 6.41. The molecule has 1 aromatic heterocycles. The molecule has 3 nitrogen and oxygen atoms in total. The van der Waals surface area contributed by atoms with Crippen molar-refractivity contribution in [3.63, 3.8) is 0 Å². The molecule has 0 atom stereocenters. The molecule has 0 spiro atoms. The normalized spacial score (nSPS) is 11.6. The smallest absolute Gasteiger partial charge is 0.123 e. The van der Waals surface area contributed by atoms with Gasteiger partial charge in [0.1, 0.15) is 12.4 Å². The van der Waals surface area contributed by atoms with Crippen LogP contribution in [0.2, 0.25) is 0 Å². The minimum absolute atomic E-state index is 0.0905. The Morgan fingerprint density at radius 1 is 1.19 bits per heavy atom. The van der Waals surface area contributed by atoms with Crippen LogP contribution in [0, 0.1) is 6.92 Å². The molecule has 0 radical (unpaired) electrons. The van der Waals surface area contributed by atoms with E-state index >= 15 is 0 Å². The summed E-state index contributed by atoms with van der Waals surface area (Å²) in [7, 11) is 0. The van der Waals surface area contributed by atoms with E-state index in [1.807, 2.05) is 6.07 Å². The van der Waals surface area contributed by atoms with E-state index in [-0.39, 0.29) is 5.41 Å². The number of nitrogens with one attached hydrogen (secondary N) is 1. The summed E-state index contributed by atoms with van der Waals surface area (Å²) in [6, 6.07) is 8.40. The Kier molecular flexibility index (Phi) is 5.07. The van der Waals surface area contributed by atoms with Crippen LogP contribution in [0.5, 0.6) is 5.75 Å². The second kappa shape index (κ2) is 6.81. The Bertz CT molecular complexity index is 553. The molecule has 1 aromatic carbocycles. The van der Waals surface area contributed by atoms with E-state index < -0.39 is 0 Å². The van der Waals surface area contributed by atoms with Gasteiger partial charge in [0.2, 0.25) is 0 Å². The first-order valence-corrected chi connectivity index (χ1v) is 7.42. The Hall–Kier alpha value is -1.74. The van der Waals surface area contributed by atoms with Gasteiger partial charge in [-0.1, -0.05) is 32.9 Å². The van der Waals surface area contributed by atoms with Crippen molar-refractivity contribution in [1.82, 2.24) is 5.32 Å². The Morgan fingerprint density at radius 2 is 2.00 bits per heavy atom. The van der Waals surface area contributed by atoms with Crippen LogP contribution in [0.4, 0.5) is 0 Å². The Balaban J connectivity index is 1.86. The van der Waals surface area contributed by atoms with E-state index in [4.69, 9.17) is 9.15 Å². The maximum Gasteiger partial charge on any atom is 0.123 e. The highest BCUT2D eigenvalue weighted by Crippen LogP contribution is 2.31. The van der Waals surface area contributed by atoms with Gasteiger partial charge in [-0.25, -0.2) is 0 Å². The molecule has 0 unspecified atom stereocenters. The highest BCUT2D eigenvalue weighted by atomic mass is 16.5. The van der Waals surface area contributed by atoms with E-state index in [1.165, 1.54) is 11.1 Å². The van der Waals surface area contributed by atoms with Crippen LogP contribution in [0.1, 0.15) is 37.5 Å². The van der Waals surface area contributed by atoms with Crippen molar-refractivity contribution >= 4 is 0 Å². The number of hydrogen-bond acceptors (Lipinski definition) is 3. The van der Waals surface area contributed by atoms with Crippen LogP contribution in [-0.2, 0) is 12.0 Å². The minimum Gasteiger partial charge on any atom is -0.492 e. The largest absolute Gasteiger partial charge is 0.492 e. The lowest BCUT2D eigenvalue weighted by atomic mass is 9.86. The summed E-state index contributed by atoms with van der Waals surface area (Å²) < 4.78 is 11.0. The van der Waals surface area contributed by atoms with Crippen molar-refractivity contribution in [2.75, 3.05) is 13.2 Å². The standard InChI is InChI=1S/C18H25NO2/c1-14-5-6-16(18(2,3)4)17(11-14)21-10-8-19-12-15-7-9-20-13-15/h5-7,9,11,13,19H,8,10,12H2,1-4H3. The number of hydrogen-bond donors (Lipinski definition) is 1. The van der Waals surface area contributed by atoms with Crippen molar-refractivity contribution in [2.24, 2.45) is 0 Å². The van der Waals surface area contributed by atoms with Crippen LogP contribution in [0.3, 0.4) is 0 Å². The van der Waals surface area contributed by atoms with Gasteiger partial charge >= 0.3 is 0 Å². The lowest BCUT2D eigenvalue weighted by Crippen LogP contribution is -2.21. The first kappa shape index (κ1) is 15.6. The molecule has 0 aliphatic rings. The molecule has 0 fully saturated rings.